The van der Waals surface area contributed by atoms with Crippen LogP contribution in [-0.2, 0) is 9.59 Å². The molecule has 0 rings (SSSR count). The molecule has 0 aliphatic carbocycles. The van der Waals surface area contributed by atoms with Crippen LogP contribution in [0, 0.1) is 5.92 Å². The number of aldehydes is 1. The zero-order chi connectivity index (χ0) is 12.2. The van der Waals surface area contributed by atoms with E-state index in [2.05, 4.69) is 13.8 Å². The second-order valence-corrected chi connectivity index (χ2v) is 4.61. The van der Waals surface area contributed by atoms with Crippen molar-refractivity contribution in [1.29, 1.82) is 0 Å². The largest absolute Gasteiger partial charge is 0.303 e. The minimum absolute atomic E-state index is 0.293. The second kappa shape index (κ2) is 10.8. The van der Waals surface area contributed by atoms with Gasteiger partial charge in [0, 0.05) is 19.3 Å². The van der Waals surface area contributed by atoms with Gasteiger partial charge in [0.25, 0.3) is 0 Å². The number of hydrogen-bond donors (Lipinski definition) is 0. The molecule has 0 saturated heterocycles. The Balaban J connectivity index is 3.67. The third-order valence-corrected chi connectivity index (χ3v) is 2.95. The van der Waals surface area contributed by atoms with Gasteiger partial charge in [-0.1, -0.05) is 39.5 Å². The molecule has 94 valence electrons. The molecule has 0 spiro atoms. The molecule has 2 heteroatoms. The Morgan fingerprint density at radius 1 is 1.12 bits per heavy atom. The molecular formula is C14H26O2. The van der Waals surface area contributed by atoms with E-state index < -0.39 is 0 Å². The number of Topliss-reactive ketones (excluding diaryl/α,β-unsaturated/α-hetero) is 1. The van der Waals surface area contributed by atoms with Gasteiger partial charge in [-0.15, -0.1) is 0 Å². The lowest BCUT2D eigenvalue weighted by Crippen LogP contribution is -2.09. The van der Waals surface area contributed by atoms with Crippen LogP contribution < -0.4 is 0 Å². The molecule has 0 aromatic rings. The fourth-order valence-electron chi connectivity index (χ4n) is 2.02. The minimum Gasteiger partial charge on any atom is -0.303 e. The van der Waals surface area contributed by atoms with Crippen LogP contribution in [0.3, 0.4) is 0 Å². The van der Waals surface area contributed by atoms with Gasteiger partial charge in [-0.3, -0.25) is 4.79 Å². The molecule has 0 heterocycles. The average molecular weight is 226 g/mol. The van der Waals surface area contributed by atoms with Gasteiger partial charge in [0.05, 0.1) is 0 Å². The van der Waals surface area contributed by atoms with Crippen LogP contribution in [0.1, 0.15) is 71.6 Å². The number of unbranched alkanes of at least 4 members (excludes halogenated alkanes) is 3. The molecule has 0 aliphatic heterocycles. The molecule has 0 aromatic heterocycles. The maximum atomic E-state index is 11.7. The summed E-state index contributed by atoms with van der Waals surface area (Å²) < 4.78 is 0. The molecule has 0 bridgehead atoms. The van der Waals surface area contributed by atoms with Crippen molar-refractivity contribution < 1.29 is 9.59 Å². The maximum absolute atomic E-state index is 11.7. The van der Waals surface area contributed by atoms with Crippen molar-refractivity contribution in [3.63, 3.8) is 0 Å². The monoisotopic (exact) mass is 226 g/mol. The summed E-state index contributed by atoms with van der Waals surface area (Å²) in [5.41, 5.74) is 0. The van der Waals surface area contributed by atoms with E-state index in [9.17, 15) is 9.59 Å². The summed E-state index contributed by atoms with van der Waals surface area (Å²) >= 11 is 0. The van der Waals surface area contributed by atoms with Crippen molar-refractivity contribution in [2.45, 2.75) is 71.6 Å². The quantitative estimate of drug-likeness (QED) is 0.395. The number of ketones is 1. The van der Waals surface area contributed by atoms with Crippen LogP contribution in [-0.4, -0.2) is 12.1 Å². The van der Waals surface area contributed by atoms with E-state index in [1.807, 2.05) is 0 Å². The predicted octanol–water partition coefficient (Wildman–Crippen LogP) is 3.92. The molecule has 0 fully saturated rings. The van der Waals surface area contributed by atoms with Gasteiger partial charge in [0.2, 0.25) is 0 Å². The van der Waals surface area contributed by atoms with Crippen molar-refractivity contribution in [3.8, 4) is 0 Å². The highest BCUT2D eigenvalue weighted by molar-refractivity contribution is 5.78. The van der Waals surface area contributed by atoms with Crippen LogP contribution in [0.25, 0.3) is 0 Å². The Morgan fingerprint density at radius 2 is 1.88 bits per heavy atom. The van der Waals surface area contributed by atoms with Gasteiger partial charge in [0.15, 0.2) is 0 Å². The van der Waals surface area contributed by atoms with Gasteiger partial charge in [-0.05, 0) is 18.8 Å². The maximum Gasteiger partial charge on any atom is 0.133 e. The molecule has 1 unspecified atom stereocenters. The highest BCUT2D eigenvalue weighted by atomic mass is 16.1. The minimum atomic E-state index is 0.293. The van der Waals surface area contributed by atoms with Gasteiger partial charge in [-0.25, -0.2) is 0 Å². The smallest absolute Gasteiger partial charge is 0.133 e. The fourth-order valence-corrected chi connectivity index (χ4v) is 2.02. The lowest BCUT2D eigenvalue weighted by Gasteiger charge is -2.11. The number of rotatable bonds is 11. The summed E-state index contributed by atoms with van der Waals surface area (Å²) in [5.74, 6) is 0.637. The fraction of sp³-hybridized carbons (Fsp3) is 0.857. The number of carbonyl (C=O) groups excluding carboxylic acids is 2. The van der Waals surface area contributed by atoms with Crippen molar-refractivity contribution >= 4 is 12.1 Å². The van der Waals surface area contributed by atoms with Gasteiger partial charge in [0.1, 0.15) is 12.1 Å². The Hall–Kier alpha value is -0.660. The number of carbonyl (C=O) groups is 2. The summed E-state index contributed by atoms with van der Waals surface area (Å²) in [6.07, 6.45) is 9.48. The molecule has 0 N–H and O–H groups in total. The third kappa shape index (κ3) is 8.63. The topological polar surface area (TPSA) is 34.1 Å². The van der Waals surface area contributed by atoms with Crippen molar-refractivity contribution in [3.05, 3.63) is 0 Å². The predicted molar refractivity (Wildman–Crippen MR) is 67.5 cm³/mol. The third-order valence-electron chi connectivity index (χ3n) is 2.95. The van der Waals surface area contributed by atoms with Gasteiger partial charge >= 0.3 is 0 Å². The van der Waals surface area contributed by atoms with Crippen LogP contribution in [0.5, 0.6) is 0 Å². The van der Waals surface area contributed by atoms with Crippen LogP contribution in [0.2, 0.25) is 0 Å². The van der Waals surface area contributed by atoms with E-state index in [-0.39, 0.29) is 0 Å². The standard InChI is InChI=1S/C14H26O2/c1-3-5-6-7-9-14(16)12-13(8-4-2)10-11-15/h11,13H,3-10,12H2,1-2H3. The van der Waals surface area contributed by atoms with Gasteiger partial charge < -0.3 is 4.79 Å². The van der Waals surface area contributed by atoms with Crippen LogP contribution in [0.15, 0.2) is 0 Å². The Bertz CT molecular complexity index is 187. The highest BCUT2D eigenvalue weighted by Gasteiger charge is 2.12. The molecule has 0 aliphatic rings. The number of hydrogen-bond acceptors (Lipinski definition) is 2. The lowest BCUT2D eigenvalue weighted by atomic mass is 9.93. The first-order chi connectivity index (χ1) is 7.74. The highest BCUT2D eigenvalue weighted by Crippen LogP contribution is 2.16. The summed E-state index contributed by atoms with van der Waals surface area (Å²) in [4.78, 5) is 22.1. The summed E-state index contributed by atoms with van der Waals surface area (Å²) in [6, 6.07) is 0. The SMILES string of the molecule is CCCCCCC(=O)CC(CC=O)CCC. The van der Waals surface area contributed by atoms with Crippen LogP contribution in [0.4, 0.5) is 0 Å². The molecule has 0 amide bonds. The lowest BCUT2D eigenvalue weighted by molar-refractivity contribution is -0.120. The Labute approximate surface area is 99.8 Å². The van der Waals surface area contributed by atoms with E-state index in [1.54, 1.807) is 0 Å². The van der Waals surface area contributed by atoms with E-state index >= 15 is 0 Å². The first-order valence-electron chi connectivity index (χ1n) is 6.69. The molecule has 0 aromatic carbocycles. The van der Waals surface area contributed by atoms with Crippen molar-refractivity contribution in [2.24, 2.45) is 5.92 Å². The zero-order valence-electron chi connectivity index (χ0n) is 10.8. The molecule has 0 radical (unpaired) electrons. The van der Waals surface area contributed by atoms with Crippen molar-refractivity contribution in [1.82, 2.24) is 0 Å². The summed E-state index contributed by atoms with van der Waals surface area (Å²) in [7, 11) is 0. The molecule has 2 nitrogen and oxygen atoms in total. The normalized spacial score (nSPS) is 12.4. The molecule has 16 heavy (non-hydrogen) atoms. The summed E-state index contributed by atoms with van der Waals surface area (Å²) in [6.45, 7) is 4.27. The van der Waals surface area contributed by atoms with E-state index in [0.29, 0.717) is 31.0 Å². The van der Waals surface area contributed by atoms with Crippen LogP contribution >= 0.6 is 0 Å². The first-order valence-corrected chi connectivity index (χ1v) is 6.69. The van der Waals surface area contributed by atoms with Gasteiger partial charge in [-0.2, -0.15) is 0 Å². The second-order valence-electron chi connectivity index (χ2n) is 4.61. The Kier molecular flexibility index (Phi) is 10.4. The Morgan fingerprint density at radius 3 is 2.44 bits per heavy atom. The molecule has 1 atom stereocenters. The zero-order valence-corrected chi connectivity index (χ0v) is 10.8. The van der Waals surface area contributed by atoms with E-state index in [0.717, 1.165) is 32.0 Å². The molecular weight excluding hydrogens is 200 g/mol. The summed E-state index contributed by atoms with van der Waals surface area (Å²) in [5, 5.41) is 0. The first kappa shape index (κ1) is 15.3. The van der Waals surface area contributed by atoms with E-state index in [1.165, 1.54) is 12.8 Å². The average Bonchev–Trinajstić information content (AvgIpc) is 2.25. The van der Waals surface area contributed by atoms with Crippen molar-refractivity contribution in [2.75, 3.05) is 0 Å². The molecule has 0 saturated carbocycles. The van der Waals surface area contributed by atoms with E-state index in [4.69, 9.17) is 0 Å².